The minimum atomic E-state index is -1.51. The Hall–Kier alpha value is -6.99. The van der Waals surface area contributed by atoms with E-state index >= 15 is 0 Å². The van der Waals surface area contributed by atoms with Crippen LogP contribution in [0.2, 0.25) is 0 Å². The number of phenols is 2. The number of phenolic OH excluding ortho intramolecular Hbond substituents is 2. The summed E-state index contributed by atoms with van der Waals surface area (Å²) in [6.45, 7) is 4.62. The number of benzene rings is 2. The van der Waals surface area contributed by atoms with E-state index in [4.69, 9.17) is 17.2 Å². The largest absolute Gasteiger partial charge is 0.508 e. The molecule has 1 heterocycles. The molecule has 1 aliphatic rings. The van der Waals surface area contributed by atoms with Gasteiger partial charge < -0.3 is 74.6 Å². The van der Waals surface area contributed by atoms with Crippen LogP contribution in [0, 0.1) is 5.92 Å². The van der Waals surface area contributed by atoms with Crippen molar-refractivity contribution in [1.82, 2.24) is 42.1 Å². The van der Waals surface area contributed by atoms with Gasteiger partial charge in [0.2, 0.25) is 53.2 Å². The number of nitrogens with one attached hydrogen (secondary N) is 7. The van der Waals surface area contributed by atoms with E-state index in [1.54, 1.807) is 13.8 Å². The Bertz CT molecular complexity index is 2200. The standard InChI is InChI=1S/C46H67N11O13S/c1-24(2)18-31(41(64)53-32(19-26-8-12-28(58)13-9-26)42(65)55-34(46(69)70)20-27-10-14-29(59)15-11-27)52-40(63)30(6-4-16-47)51-43(66)35(23-71)56-44(67)36-7-5-17-57(36)45(68)33(21-37(49)60)54-39(62)25(3)50-38(61)22-48/h8-15,24-25,30-36,58-59,71H,4-7,16-23,47-48H2,1-3H3,(H2,49,60)(H,50,61)(H,51,66)(H,52,63)(H,53,64)(H,54,62)(H,55,65)(H,56,67)(H,69,70)/t25-,30-,31-,32-,33-,34-,35-,36-/m0/s1. The highest BCUT2D eigenvalue weighted by molar-refractivity contribution is 7.80. The maximum atomic E-state index is 14.1. The van der Waals surface area contributed by atoms with Crippen molar-refractivity contribution in [2.75, 3.05) is 25.4 Å². The number of amides is 9. The van der Waals surface area contributed by atoms with Gasteiger partial charge in [0.05, 0.1) is 13.0 Å². The average molecular weight is 1010 g/mol. The van der Waals surface area contributed by atoms with Crippen LogP contribution < -0.4 is 54.4 Å². The summed E-state index contributed by atoms with van der Waals surface area (Å²) < 4.78 is 0. The van der Waals surface area contributed by atoms with Crippen molar-refractivity contribution >= 4 is 71.8 Å². The van der Waals surface area contributed by atoms with Gasteiger partial charge in [-0.3, -0.25) is 43.2 Å². The summed E-state index contributed by atoms with van der Waals surface area (Å²) in [4.78, 5) is 133. The molecule has 0 aliphatic carbocycles. The molecular weight excluding hydrogens is 947 g/mol. The fraction of sp³-hybridized carbons (Fsp3) is 0.522. The summed E-state index contributed by atoms with van der Waals surface area (Å²) in [6, 6.07) is 0.806. The predicted octanol–water partition coefficient (Wildman–Crippen LogP) is -3.08. The number of carboxylic acid groups (broad SMARTS) is 1. The lowest BCUT2D eigenvalue weighted by atomic mass is 9.99. The van der Waals surface area contributed by atoms with Crippen LogP contribution in [0.15, 0.2) is 48.5 Å². The number of carbonyl (C=O) groups excluding carboxylic acids is 9. The summed E-state index contributed by atoms with van der Waals surface area (Å²) in [5.74, 6) is -9.35. The minimum Gasteiger partial charge on any atom is -0.508 e. The fourth-order valence-corrected chi connectivity index (χ4v) is 7.81. The van der Waals surface area contributed by atoms with Crippen LogP contribution >= 0.6 is 12.6 Å². The minimum absolute atomic E-state index is 0.0206. The first-order valence-corrected chi connectivity index (χ1v) is 23.7. The van der Waals surface area contributed by atoms with Crippen molar-refractivity contribution in [1.29, 1.82) is 0 Å². The van der Waals surface area contributed by atoms with E-state index in [1.165, 1.54) is 55.5 Å². The molecule has 0 radical (unpaired) electrons. The number of aliphatic carboxylic acids is 1. The summed E-state index contributed by atoms with van der Waals surface area (Å²) in [5, 5.41) is 47.2. The first-order valence-electron chi connectivity index (χ1n) is 23.1. The number of aromatic hydroxyl groups is 2. The number of likely N-dealkylation sites (tertiary alicyclic amines) is 1. The zero-order valence-electron chi connectivity index (χ0n) is 39.9. The third kappa shape index (κ3) is 19.0. The number of thiol groups is 1. The second-order valence-electron chi connectivity index (χ2n) is 17.5. The van der Waals surface area contributed by atoms with Crippen molar-refractivity contribution in [3.05, 3.63) is 59.7 Å². The topological polar surface area (TPSA) is 397 Å². The number of nitrogens with two attached hydrogens (primary N) is 3. The quantitative estimate of drug-likeness (QED) is 0.0376. The molecule has 1 saturated heterocycles. The Morgan fingerprint density at radius 2 is 1.15 bits per heavy atom. The number of hydrogen-bond donors (Lipinski definition) is 14. The molecule has 2 aromatic carbocycles. The normalized spacial score (nSPS) is 16.2. The van der Waals surface area contributed by atoms with Crippen molar-refractivity contribution in [3.63, 3.8) is 0 Å². The van der Waals surface area contributed by atoms with Gasteiger partial charge in [-0.15, -0.1) is 0 Å². The van der Waals surface area contributed by atoms with E-state index in [-0.39, 0.29) is 74.8 Å². The summed E-state index contributed by atoms with van der Waals surface area (Å²) in [7, 11) is 0. The SMILES string of the molecule is CC(C)C[C@H](NC(=O)[C@H](CCCN)NC(=O)[C@H](CS)NC(=O)[C@@H]1CCCN1C(=O)[C@H](CC(N)=O)NC(=O)[C@H](C)NC(=O)CN)C(=O)N[C@@H](Cc1ccc(O)cc1)C(=O)N[C@@H](Cc1ccc(O)cc1)C(=O)O. The summed E-state index contributed by atoms with van der Waals surface area (Å²) >= 11 is 4.25. The van der Waals surface area contributed by atoms with Crippen LogP contribution in [0.4, 0.5) is 0 Å². The Balaban J connectivity index is 1.80. The van der Waals surface area contributed by atoms with Gasteiger partial charge in [-0.25, -0.2) is 4.79 Å². The van der Waals surface area contributed by atoms with Crippen LogP contribution in [0.1, 0.15) is 70.4 Å². The molecule has 390 valence electrons. The molecule has 16 N–H and O–H groups in total. The van der Waals surface area contributed by atoms with Gasteiger partial charge in [0.25, 0.3) is 0 Å². The van der Waals surface area contributed by atoms with Crippen LogP contribution in [0.5, 0.6) is 11.5 Å². The number of carboxylic acids is 1. The molecule has 0 aromatic heterocycles. The zero-order chi connectivity index (χ0) is 52.9. The highest BCUT2D eigenvalue weighted by Crippen LogP contribution is 2.20. The molecule has 3 rings (SSSR count). The maximum Gasteiger partial charge on any atom is 0.326 e. The highest BCUT2D eigenvalue weighted by atomic mass is 32.1. The Kier molecular flexibility index (Phi) is 23.5. The first kappa shape index (κ1) is 58.3. The first-order chi connectivity index (χ1) is 33.6. The van der Waals surface area contributed by atoms with Gasteiger partial charge >= 0.3 is 5.97 Å². The second kappa shape index (κ2) is 28.6. The number of hydrogen-bond acceptors (Lipinski definition) is 15. The van der Waals surface area contributed by atoms with E-state index in [1.807, 2.05) is 0 Å². The number of nitrogens with zero attached hydrogens (tertiary/aromatic N) is 1. The van der Waals surface area contributed by atoms with E-state index in [9.17, 15) is 63.3 Å². The molecule has 0 spiro atoms. The van der Waals surface area contributed by atoms with Gasteiger partial charge in [0.1, 0.15) is 59.8 Å². The smallest absolute Gasteiger partial charge is 0.326 e. The van der Waals surface area contributed by atoms with Gasteiger partial charge in [0.15, 0.2) is 0 Å². The number of carbonyl (C=O) groups is 10. The lowest BCUT2D eigenvalue weighted by Crippen LogP contribution is -2.60. The molecule has 1 fully saturated rings. The van der Waals surface area contributed by atoms with Gasteiger partial charge in [-0.1, -0.05) is 38.1 Å². The molecule has 71 heavy (non-hydrogen) atoms. The Morgan fingerprint density at radius 3 is 1.68 bits per heavy atom. The third-order valence-corrected chi connectivity index (χ3v) is 11.7. The van der Waals surface area contributed by atoms with E-state index < -0.39 is 120 Å². The lowest BCUT2D eigenvalue weighted by molar-refractivity contribution is -0.143. The average Bonchev–Trinajstić information content (AvgIpc) is 3.82. The fourth-order valence-electron chi connectivity index (χ4n) is 7.56. The van der Waals surface area contributed by atoms with Crippen LogP contribution in [0.3, 0.4) is 0 Å². The predicted molar refractivity (Wildman–Crippen MR) is 260 cm³/mol. The monoisotopic (exact) mass is 1010 g/mol. The molecule has 0 saturated carbocycles. The zero-order valence-corrected chi connectivity index (χ0v) is 40.7. The van der Waals surface area contributed by atoms with Crippen molar-refractivity contribution in [2.45, 2.75) is 120 Å². The van der Waals surface area contributed by atoms with E-state index in [2.05, 4.69) is 49.8 Å². The van der Waals surface area contributed by atoms with Crippen molar-refractivity contribution in [3.8, 4) is 11.5 Å². The molecule has 2 aromatic rings. The summed E-state index contributed by atoms with van der Waals surface area (Å²) in [6.07, 6.45) is -0.247. The molecular formula is C46H67N11O13S. The molecule has 0 bridgehead atoms. The molecule has 9 amide bonds. The third-order valence-electron chi connectivity index (χ3n) is 11.3. The lowest BCUT2D eigenvalue weighted by Gasteiger charge is -2.30. The molecule has 8 atom stereocenters. The van der Waals surface area contributed by atoms with Crippen LogP contribution in [0.25, 0.3) is 0 Å². The highest BCUT2D eigenvalue weighted by Gasteiger charge is 2.40. The van der Waals surface area contributed by atoms with E-state index in [0.29, 0.717) is 17.5 Å². The van der Waals surface area contributed by atoms with Crippen LogP contribution in [-0.2, 0) is 60.8 Å². The van der Waals surface area contributed by atoms with Crippen LogP contribution in [-0.4, -0.2) is 153 Å². The molecule has 24 nitrogen and oxygen atoms in total. The molecule has 1 aliphatic heterocycles. The van der Waals surface area contributed by atoms with Gasteiger partial charge in [-0.2, -0.15) is 12.6 Å². The number of primary amides is 1. The number of rotatable bonds is 28. The maximum absolute atomic E-state index is 14.1. The van der Waals surface area contributed by atoms with Gasteiger partial charge in [-0.05, 0) is 86.9 Å². The Morgan fingerprint density at radius 1 is 0.662 bits per heavy atom. The van der Waals surface area contributed by atoms with Crippen molar-refractivity contribution in [2.24, 2.45) is 23.1 Å². The molecule has 0 unspecified atom stereocenters. The second-order valence-corrected chi connectivity index (χ2v) is 17.9. The van der Waals surface area contributed by atoms with E-state index in [0.717, 1.165) is 4.90 Å². The summed E-state index contributed by atoms with van der Waals surface area (Å²) in [5.41, 5.74) is 17.4. The van der Waals surface area contributed by atoms with Crippen molar-refractivity contribution < 1.29 is 63.3 Å². The molecule has 25 heteroatoms. The Labute approximate surface area is 416 Å². The van der Waals surface area contributed by atoms with Gasteiger partial charge in [0, 0.05) is 25.1 Å².